The maximum atomic E-state index is 4.38. The van der Waals surface area contributed by atoms with Crippen LogP contribution in [0.2, 0.25) is 0 Å². The second-order valence-electron chi connectivity index (χ2n) is 4.88. The third-order valence-corrected chi connectivity index (χ3v) is 3.25. The molecule has 1 saturated heterocycles. The van der Waals surface area contributed by atoms with E-state index in [1.165, 1.54) is 5.69 Å². The van der Waals surface area contributed by atoms with E-state index in [0.29, 0.717) is 12.1 Å². The van der Waals surface area contributed by atoms with Gasteiger partial charge in [0.1, 0.15) is 0 Å². The first kappa shape index (κ1) is 11.6. The first-order valence-corrected chi connectivity index (χ1v) is 6.15. The van der Waals surface area contributed by atoms with Gasteiger partial charge in [-0.2, -0.15) is 5.10 Å². The second-order valence-corrected chi connectivity index (χ2v) is 4.88. The molecule has 0 aliphatic carbocycles. The van der Waals surface area contributed by atoms with Crippen molar-refractivity contribution in [2.24, 2.45) is 0 Å². The highest BCUT2D eigenvalue weighted by Crippen LogP contribution is 2.13. The Kier molecular flexibility index (Phi) is 3.61. The molecule has 1 aliphatic heterocycles. The third kappa shape index (κ3) is 2.44. The highest BCUT2D eigenvalue weighted by atomic mass is 15.3. The van der Waals surface area contributed by atoms with Gasteiger partial charge < -0.3 is 5.32 Å². The SMILES string of the molecule is CC(C)n1nccc1CN1CCNC[C@H]1C. The zero-order valence-electron chi connectivity index (χ0n) is 10.5. The van der Waals surface area contributed by atoms with Crippen LogP contribution in [0.1, 0.15) is 32.5 Å². The number of hydrogen-bond donors (Lipinski definition) is 1. The summed E-state index contributed by atoms with van der Waals surface area (Å²) in [5, 5.41) is 7.80. The van der Waals surface area contributed by atoms with E-state index in [0.717, 1.165) is 26.2 Å². The molecule has 16 heavy (non-hydrogen) atoms. The highest BCUT2D eigenvalue weighted by molar-refractivity contribution is 5.02. The van der Waals surface area contributed by atoms with Gasteiger partial charge in [-0.25, -0.2) is 0 Å². The van der Waals surface area contributed by atoms with Crippen LogP contribution in [0.25, 0.3) is 0 Å². The summed E-state index contributed by atoms with van der Waals surface area (Å²) in [6, 6.07) is 3.20. The quantitative estimate of drug-likeness (QED) is 0.836. The molecule has 1 aromatic rings. The Labute approximate surface area is 97.6 Å². The molecular formula is C12H22N4. The summed E-state index contributed by atoms with van der Waals surface area (Å²) in [6.45, 7) is 11.0. The zero-order chi connectivity index (χ0) is 11.5. The monoisotopic (exact) mass is 222 g/mol. The van der Waals surface area contributed by atoms with E-state index in [1.807, 2.05) is 6.20 Å². The van der Waals surface area contributed by atoms with Gasteiger partial charge in [-0.3, -0.25) is 9.58 Å². The minimum atomic E-state index is 0.447. The molecule has 0 saturated carbocycles. The van der Waals surface area contributed by atoms with Crippen molar-refractivity contribution in [3.8, 4) is 0 Å². The average Bonchev–Trinajstić information content (AvgIpc) is 2.69. The summed E-state index contributed by atoms with van der Waals surface area (Å²) < 4.78 is 2.12. The summed E-state index contributed by atoms with van der Waals surface area (Å²) in [5.74, 6) is 0. The molecule has 0 unspecified atom stereocenters. The predicted molar refractivity (Wildman–Crippen MR) is 65.4 cm³/mol. The lowest BCUT2D eigenvalue weighted by molar-refractivity contribution is 0.160. The van der Waals surface area contributed by atoms with Crippen LogP contribution >= 0.6 is 0 Å². The smallest absolute Gasteiger partial charge is 0.0527 e. The molecule has 0 spiro atoms. The van der Waals surface area contributed by atoms with Crippen LogP contribution < -0.4 is 5.32 Å². The number of nitrogens with one attached hydrogen (secondary N) is 1. The molecule has 2 heterocycles. The number of hydrogen-bond acceptors (Lipinski definition) is 3. The van der Waals surface area contributed by atoms with Gasteiger partial charge in [0.15, 0.2) is 0 Å². The van der Waals surface area contributed by atoms with Crippen LogP contribution in [0.5, 0.6) is 0 Å². The summed E-state index contributed by atoms with van der Waals surface area (Å²) in [6.07, 6.45) is 1.90. The van der Waals surface area contributed by atoms with Gasteiger partial charge in [-0.1, -0.05) is 0 Å². The first-order chi connectivity index (χ1) is 7.68. The largest absolute Gasteiger partial charge is 0.314 e. The van der Waals surface area contributed by atoms with Crippen molar-refractivity contribution in [3.05, 3.63) is 18.0 Å². The van der Waals surface area contributed by atoms with Crippen molar-refractivity contribution in [1.82, 2.24) is 20.0 Å². The Morgan fingerprint density at radius 3 is 3.06 bits per heavy atom. The minimum absolute atomic E-state index is 0.447. The molecule has 1 aromatic heterocycles. The Bertz CT molecular complexity index is 332. The zero-order valence-corrected chi connectivity index (χ0v) is 10.5. The van der Waals surface area contributed by atoms with Gasteiger partial charge in [-0.15, -0.1) is 0 Å². The van der Waals surface area contributed by atoms with Crippen LogP contribution in [-0.4, -0.2) is 40.4 Å². The van der Waals surface area contributed by atoms with Crippen molar-refractivity contribution in [1.29, 1.82) is 0 Å². The fourth-order valence-corrected chi connectivity index (χ4v) is 2.26. The van der Waals surface area contributed by atoms with E-state index in [1.54, 1.807) is 0 Å². The van der Waals surface area contributed by atoms with Crippen LogP contribution in [0, 0.1) is 0 Å². The molecule has 0 bridgehead atoms. The van der Waals surface area contributed by atoms with E-state index in [4.69, 9.17) is 0 Å². The van der Waals surface area contributed by atoms with E-state index < -0.39 is 0 Å². The van der Waals surface area contributed by atoms with Crippen molar-refractivity contribution >= 4 is 0 Å². The number of aromatic nitrogens is 2. The van der Waals surface area contributed by atoms with Crippen LogP contribution in [0.3, 0.4) is 0 Å². The number of rotatable bonds is 3. The van der Waals surface area contributed by atoms with E-state index in [9.17, 15) is 0 Å². The molecular weight excluding hydrogens is 200 g/mol. The van der Waals surface area contributed by atoms with Gasteiger partial charge in [0.05, 0.1) is 5.69 Å². The predicted octanol–water partition coefficient (Wildman–Crippen LogP) is 1.26. The molecule has 0 radical (unpaired) electrons. The molecule has 4 heteroatoms. The molecule has 1 N–H and O–H groups in total. The molecule has 4 nitrogen and oxygen atoms in total. The second kappa shape index (κ2) is 4.97. The molecule has 0 aromatic carbocycles. The summed E-state index contributed by atoms with van der Waals surface area (Å²) >= 11 is 0. The Hall–Kier alpha value is -0.870. The van der Waals surface area contributed by atoms with Crippen LogP contribution in [-0.2, 0) is 6.54 Å². The Morgan fingerprint density at radius 2 is 2.38 bits per heavy atom. The maximum Gasteiger partial charge on any atom is 0.0527 e. The molecule has 1 atom stereocenters. The fourth-order valence-electron chi connectivity index (χ4n) is 2.26. The molecule has 1 fully saturated rings. The Balaban J connectivity index is 2.04. The van der Waals surface area contributed by atoms with Crippen LogP contribution in [0.15, 0.2) is 12.3 Å². The normalized spacial score (nSPS) is 22.9. The van der Waals surface area contributed by atoms with Crippen molar-refractivity contribution in [2.45, 2.75) is 39.4 Å². The van der Waals surface area contributed by atoms with Crippen molar-refractivity contribution in [3.63, 3.8) is 0 Å². The lowest BCUT2D eigenvalue weighted by Crippen LogP contribution is -2.49. The first-order valence-electron chi connectivity index (χ1n) is 6.15. The topological polar surface area (TPSA) is 33.1 Å². The van der Waals surface area contributed by atoms with E-state index in [-0.39, 0.29) is 0 Å². The number of nitrogens with zero attached hydrogens (tertiary/aromatic N) is 3. The van der Waals surface area contributed by atoms with Crippen molar-refractivity contribution < 1.29 is 0 Å². The molecule has 2 rings (SSSR count). The van der Waals surface area contributed by atoms with Gasteiger partial charge in [0.25, 0.3) is 0 Å². The number of piperazine rings is 1. The highest BCUT2D eigenvalue weighted by Gasteiger charge is 2.19. The molecule has 0 amide bonds. The van der Waals surface area contributed by atoms with Gasteiger partial charge in [-0.05, 0) is 26.8 Å². The standard InChI is InChI=1S/C12H22N4/c1-10(2)16-12(4-5-14-16)9-15-7-6-13-8-11(15)3/h4-5,10-11,13H,6-9H2,1-3H3/t11-/m1/s1. The Morgan fingerprint density at radius 1 is 1.56 bits per heavy atom. The molecule has 1 aliphatic rings. The lowest BCUT2D eigenvalue weighted by atomic mass is 10.2. The fraction of sp³-hybridized carbons (Fsp3) is 0.750. The minimum Gasteiger partial charge on any atom is -0.314 e. The van der Waals surface area contributed by atoms with Gasteiger partial charge in [0.2, 0.25) is 0 Å². The molecule has 90 valence electrons. The lowest BCUT2D eigenvalue weighted by Gasteiger charge is -2.34. The van der Waals surface area contributed by atoms with E-state index >= 15 is 0 Å². The third-order valence-electron chi connectivity index (χ3n) is 3.25. The van der Waals surface area contributed by atoms with E-state index in [2.05, 4.69) is 46.8 Å². The van der Waals surface area contributed by atoms with Gasteiger partial charge >= 0.3 is 0 Å². The average molecular weight is 222 g/mol. The maximum absolute atomic E-state index is 4.38. The van der Waals surface area contributed by atoms with Crippen LogP contribution in [0.4, 0.5) is 0 Å². The van der Waals surface area contributed by atoms with Gasteiger partial charge in [0, 0.05) is 44.5 Å². The summed E-state index contributed by atoms with van der Waals surface area (Å²) in [4.78, 5) is 2.52. The summed E-state index contributed by atoms with van der Waals surface area (Å²) in [7, 11) is 0. The summed E-state index contributed by atoms with van der Waals surface area (Å²) in [5.41, 5.74) is 1.32. The van der Waals surface area contributed by atoms with Crippen molar-refractivity contribution in [2.75, 3.05) is 19.6 Å².